The van der Waals surface area contributed by atoms with Crippen molar-refractivity contribution in [2.75, 3.05) is 26.7 Å². The molecule has 19 heavy (non-hydrogen) atoms. The molecular formula is C14H26N2O3. The summed E-state index contributed by atoms with van der Waals surface area (Å²) in [6, 6.07) is 0.582. The Morgan fingerprint density at radius 3 is 2.58 bits per heavy atom. The Kier molecular flexibility index (Phi) is 4.81. The van der Waals surface area contributed by atoms with Crippen molar-refractivity contribution in [3.8, 4) is 0 Å². The molecule has 1 heterocycles. The van der Waals surface area contributed by atoms with E-state index < -0.39 is 11.6 Å². The van der Waals surface area contributed by atoms with E-state index in [1.807, 2.05) is 0 Å². The second-order valence-corrected chi connectivity index (χ2v) is 6.24. The van der Waals surface area contributed by atoms with Gasteiger partial charge in [0.2, 0.25) is 0 Å². The van der Waals surface area contributed by atoms with E-state index >= 15 is 0 Å². The van der Waals surface area contributed by atoms with Crippen LogP contribution in [0.15, 0.2) is 0 Å². The zero-order valence-corrected chi connectivity index (χ0v) is 11.8. The van der Waals surface area contributed by atoms with Crippen LogP contribution in [0.2, 0.25) is 0 Å². The third-order valence-corrected chi connectivity index (χ3v) is 4.77. The van der Waals surface area contributed by atoms with Gasteiger partial charge in [0.05, 0.1) is 11.5 Å². The Bertz CT molecular complexity index is 314. The molecule has 0 amide bonds. The fraction of sp³-hybridized carbons (Fsp3) is 0.929. The van der Waals surface area contributed by atoms with Crippen LogP contribution in [0, 0.1) is 5.92 Å². The van der Waals surface area contributed by atoms with Crippen molar-refractivity contribution in [2.45, 2.75) is 50.2 Å². The molecule has 2 fully saturated rings. The smallest absolute Gasteiger partial charge is 0.306 e. The Morgan fingerprint density at radius 1 is 1.37 bits per heavy atom. The van der Waals surface area contributed by atoms with E-state index in [-0.39, 0.29) is 5.92 Å². The van der Waals surface area contributed by atoms with Gasteiger partial charge in [-0.25, -0.2) is 0 Å². The summed E-state index contributed by atoms with van der Waals surface area (Å²) >= 11 is 0. The minimum absolute atomic E-state index is 0.263. The number of rotatable bonds is 5. The molecule has 0 bridgehead atoms. The van der Waals surface area contributed by atoms with E-state index in [0.717, 1.165) is 13.1 Å². The lowest BCUT2D eigenvalue weighted by molar-refractivity contribution is -0.144. The van der Waals surface area contributed by atoms with Crippen LogP contribution >= 0.6 is 0 Å². The number of hydrogen-bond donors (Lipinski definition) is 3. The summed E-state index contributed by atoms with van der Waals surface area (Å²) in [6.07, 6.45) is 4.86. The van der Waals surface area contributed by atoms with E-state index in [0.29, 0.717) is 38.3 Å². The van der Waals surface area contributed by atoms with E-state index in [1.165, 1.54) is 12.8 Å². The van der Waals surface area contributed by atoms with E-state index in [2.05, 4.69) is 17.3 Å². The number of carboxylic acid groups (broad SMARTS) is 1. The summed E-state index contributed by atoms with van der Waals surface area (Å²) in [5, 5.41) is 22.8. The Hall–Kier alpha value is -0.650. The largest absolute Gasteiger partial charge is 0.481 e. The summed E-state index contributed by atoms with van der Waals surface area (Å²) in [4.78, 5) is 13.2. The third-order valence-electron chi connectivity index (χ3n) is 4.77. The average molecular weight is 270 g/mol. The van der Waals surface area contributed by atoms with Crippen LogP contribution < -0.4 is 5.32 Å². The number of aliphatic hydroxyl groups is 1. The molecule has 1 atom stereocenters. The molecule has 0 aromatic rings. The van der Waals surface area contributed by atoms with Crippen molar-refractivity contribution in [1.82, 2.24) is 10.2 Å². The van der Waals surface area contributed by atoms with Gasteiger partial charge in [0.25, 0.3) is 0 Å². The number of nitrogens with one attached hydrogen (secondary N) is 1. The standard InChI is InChI=1S/C14H26N2O3/c1-16-8-2-3-12(16)9-15-10-14(19)6-4-11(5-7-14)13(17)18/h11-12,15,19H,2-10H2,1H3,(H,17,18). The number of nitrogens with zero attached hydrogens (tertiary/aromatic N) is 1. The van der Waals surface area contributed by atoms with Gasteiger partial charge in [0.1, 0.15) is 0 Å². The van der Waals surface area contributed by atoms with Crippen LogP contribution in [-0.2, 0) is 4.79 Å². The highest BCUT2D eigenvalue weighted by molar-refractivity contribution is 5.70. The molecule has 0 aromatic carbocycles. The summed E-state index contributed by atoms with van der Waals surface area (Å²) in [5.41, 5.74) is -0.705. The molecule has 0 aromatic heterocycles. The number of likely N-dealkylation sites (N-methyl/N-ethyl adjacent to an activating group) is 1. The predicted molar refractivity (Wildman–Crippen MR) is 73.1 cm³/mol. The minimum Gasteiger partial charge on any atom is -0.481 e. The van der Waals surface area contributed by atoms with Crippen LogP contribution in [0.5, 0.6) is 0 Å². The summed E-state index contributed by atoms with van der Waals surface area (Å²) in [7, 11) is 2.14. The van der Waals surface area contributed by atoms with Gasteiger partial charge < -0.3 is 20.4 Å². The van der Waals surface area contributed by atoms with Gasteiger partial charge in [0, 0.05) is 19.1 Å². The highest BCUT2D eigenvalue weighted by Gasteiger charge is 2.35. The van der Waals surface area contributed by atoms with Crippen LogP contribution in [0.4, 0.5) is 0 Å². The predicted octanol–water partition coefficient (Wildman–Crippen LogP) is 0.676. The number of likely N-dealkylation sites (tertiary alicyclic amines) is 1. The maximum Gasteiger partial charge on any atom is 0.306 e. The molecular weight excluding hydrogens is 244 g/mol. The molecule has 3 N–H and O–H groups in total. The number of hydrogen-bond acceptors (Lipinski definition) is 4. The molecule has 1 saturated heterocycles. The van der Waals surface area contributed by atoms with Gasteiger partial charge in [0.15, 0.2) is 0 Å². The van der Waals surface area contributed by atoms with Crippen molar-refractivity contribution in [2.24, 2.45) is 5.92 Å². The van der Waals surface area contributed by atoms with Gasteiger partial charge in [-0.05, 0) is 52.1 Å². The maximum absolute atomic E-state index is 10.9. The highest BCUT2D eigenvalue weighted by Crippen LogP contribution is 2.31. The molecule has 2 aliphatic rings. The molecule has 1 aliphatic carbocycles. The van der Waals surface area contributed by atoms with Crippen molar-refractivity contribution < 1.29 is 15.0 Å². The van der Waals surface area contributed by atoms with Gasteiger partial charge in [-0.2, -0.15) is 0 Å². The van der Waals surface area contributed by atoms with Gasteiger partial charge in [-0.1, -0.05) is 0 Å². The molecule has 0 radical (unpaired) electrons. The van der Waals surface area contributed by atoms with Crippen molar-refractivity contribution >= 4 is 5.97 Å². The lowest BCUT2D eigenvalue weighted by Crippen LogP contribution is -2.47. The monoisotopic (exact) mass is 270 g/mol. The molecule has 0 spiro atoms. The van der Waals surface area contributed by atoms with Gasteiger partial charge >= 0.3 is 5.97 Å². The van der Waals surface area contributed by atoms with E-state index in [1.54, 1.807) is 0 Å². The lowest BCUT2D eigenvalue weighted by Gasteiger charge is -2.35. The van der Waals surface area contributed by atoms with Crippen molar-refractivity contribution in [3.05, 3.63) is 0 Å². The van der Waals surface area contributed by atoms with Gasteiger partial charge in [-0.15, -0.1) is 0 Å². The van der Waals surface area contributed by atoms with Crippen LogP contribution in [0.25, 0.3) is 0 Å². The first-order valence-electron chi connectivity index (χ1n) is 7.36. The lowest BCUT2D eigenvalue weighted by atomic mass is 9.79. The van der Waals surface area contributed by atoms with E-state index in [4.69, 9.17) is 5.11 Å². The summed E-state index contributed by atoms with van der Waals surface area (Å²) < 4.78 is 0. The summed E-state index contributed by atoms with van der Waals surface area (Å²) in [5.74, 6) is -0.983. The highest BCUT2D eigenvalue weighted by atomic mass is 16.4. The first kappa shape index (κ1) is 14.8. The SMILES string of the molecule is CN1CCCC1CNCC1(O)CCC(C(=O)O)CC1. The fourth-order valence-electron chi connectivity index (χ4n) is 3.29. The molecule has 1 unspecified atom stereocenters. The van der Waals surface area contributed by atoms with E-state index in [9.17, 15) is 9.90 Å². The molecule has 5 nitrogen and oxygen atoms in total. The zero-order chi connectivity index (χ0) is 13.9. The number of carboxylic acids is 1. The average Bonchev–Trinajstić information content (AvgIpc) is 2.75. The van der Waals surface area contributed by atoms with Gasteiger partial charge in [-0.3, -0.25) is 4.79 Å². The number of aliphatic carboxylic acids is 1. The first-order valence-corrected chi connectivity index (χ1v) is 7.36. The summed E-state index contributed by atoms with van der Waals surface area (Å²) in [6.45, 7) is 2.67. The molecule has 1 saturated carbocycles. The second-order valence-electron chi connectivity index (χ2n) is 6.24. The third kappa shape index (κ3) is 3.91. The minimum atomic E-state index is -0.720. The molecule has 1 aliphatic heterocycles. The second kappa shape index (κ2) is 6.20. The maximum atomic E-state index is 10.9. The Balaban J connectivity index is 1.69. The Morgan fingerprint density at radius 2 is 2.05 bits per heavy atom. The zero-order valence-electron chi connectivity index (χ0n) is 11.8. The topological polar surface area (TPSA) is 72.8 Å². The molecule has 2 rings (SSSR count). The normalized spacial score (nSPS) is 36.5. The van der Waals surface area contributed by atoms with Crippen molar-refractivity contribution in [1.29, 1.82) is 0 Å². The van der Waals surface area contributed by atoms with Crippen LogP contribution in [0.3, 0.4) is 0 Å². The fourth-order valence-corrected chi connectivity index (χ4v) is 3.29. The molecule has 5 heteroatoms. The van der Waals surface area contributed by atoms with Crippen molar-refractivity contribution in [3.63, 3.8) is 0 Å². The van der Waals surface area contributed by atoms with Crippen LogP contribution in [0.1, 0.15) is 38.5 Å². The Labute approximate surface area is 115 Å². The molecule has 110 valence electrons. The van der Waals surface area contributed by atoms with Crippen LogP contribution in [-0.4, -0.2) is 59.4 Å². The number of carbonyl (C=O) groups is 1. The quantitative estimate of drug-likeness (QED) is 0.685. The first-order chi connectivity index (χ1) is 9.00.